The number of piperazine rings is 1. The van der Waals surface area contributed by atoms with E-state index in [0.717, 1.165) is 32.6 Å². The SMILES string of the molecule is CCCC(=O)N1CCN(c2ccc(C(C)C)cc2)CC1. The molecule has 3 heteroatoms. The summed E-state index contributed by atoms with van der Waals surface area (Å²) in [4.78, 5) is 16.2. The highest BCUT2D eigenvalue weighted by Crippen LogP contribution is 2.21. The Bertz CT molecular complexity index is 431. The molecule has 110 valence electrons. The summed E-state index contributed by atoms with van der Waals surface area (Å²) >= 11 is 0. The summed E-state index contributed by atoms with van der Waals surface area (Å²) in [6, 6.07) is 8.85. The second-order valence-corrected chi connectivity index (χ2v) is 5.86. The van der Waals surface area contributed by atoms with Gasteiger partial charge in [0.05, 0.1) is 0 Å². The van der Waals surface area contributed by atoms with Crippen LogP contribution in [0.25, 0.3) is 0 Å². The molecule has 0 saturated carbocycles. The molecule has 1 aliphatic heterocycles. The largest absolute Gasteiger partial charge is 0.368 e. The van der Waals surface area contributed by atoms with Gasteiger partial charge in [-0.1, -0.05) is 32.9 Å². The zero-order chi connectivity index (χ0) is 14.5. The molecule has 0 atom stereocenters. The van der Waals surface area contributed by atoms with Gasteiger partial charge < -0.3 is 9.80 Å². The van der Waals surface area contributed by atoms with E-state index in [9.17, 15) is 4.79 Å². The van der Waals surface area contributed by atoms with Gasteiger partial charge in [0.2, 0.25) is 5.91 Å². The molecular weight excluding hydrogens is 248 g/mol. The van der Waals surface area contributed by atoms with Gasteiger partial charge in [-0.15, -0.1) is 0 Å². The summed E-state index contributed by atoms with van der Waals surface area (Å²) in [6.45, 7) is 10.1. The quantitative estimate of drug-likeness (QED) is 0.841. The average Bonchev–Trinajstić information content (AvgIpc) is 2.48. The van der Waals surface area contributed by atoms with Crippen molar-refractivity contribution in [3.05, 3.63) is 29.8 Å². The summed E-state index contributed by atoms with van der Waals surface area (Å²) in [6.07, 6.45) is 1.62. The van der Waals surface area contributed by atoms with Crippen LogP contribution >= 0.6 is 0 Å². The van der Waals surface area contributed by atoms with Crippen molar-refractivity contribution in [3.63, 3.8) is 0 Å². The highest BCUT2D eigenvalue weighted by Gasteiger charge is 2.20. The van der Waals surface area contributed by atoms with Crippen molar-refractivity contribution >= 4 is 11.6 Å². The number of hydrogen-bond acceptors (Lipinski definition) is 2. The normalized spacial score (nSPS) is 15.8. The van der Waals surface area contributed by atoms with Crippen LogP contribution < -0.4 is 4.90 Å². The van der Waals surface area contributed by atoms with Crippen LogP contribution in [-0.2, 0) is 4.79 Å². The van der Waals surface area contributed by atoms with Crippen molar-refractivity contribution in [1.29, 1.82) is 0 Å². The third-order valence-electron chi connectivity index (χ3n) is 4.02. The maximum atomic E-state index is 11.9. The van der Waals surface area contributed by atoms with E-state index in [-0.39, 0.29) is 0 Å². The Labute approximate surface area is 122 Å². The van der Waals surface area contributed by atoms with Crippen LogP contribution in [0.4, 0.5) is 5.69 Å². The first kappa shape index (κ1) is 14.9. The Morgan fingerprint density at radius 1 is 1.10 bits per heavy atom. The second kappa shape index (κ2) is 6.78. The molecule has 3 nitrogen and oxygen atoms in total. The van der Waals surface area contributed by atoms with E-state index in [0.29, 0.717) is 18.2 Å². The third-order valence-corrected chi connectivity index (χ3v) is 4.02. The molecule has 0 aromatic heterocycles. The van der Waals surface area contributed by atoms with Gasteiger partial charge in [0.25, 0.3) is 0 Å². The fourth-order valence-corrected chi connectivity index (χ4v) is 2.66. The number of hydrogen-bond donors (Lipinski definition) is 0. The molecule has 0 bridgehead atoms. The molecular formula is C17H26N2O. The summed E-state index contributed by atoms with van der Waals surface area (Å²) in [5, 5.41) is 0. The average molecular weight is 274 g/mol. The standard InChI is InChI=1S/C17H26N2O/c1-4-5-17(20)19-12-10-18(11-13-19)16-8-6-15(7-9-16)14(2)3/h6-9,14H,4-5,10-13H2,1-3H3. The number of carbonyl (C=O) groups excluding carboxylic acids is 1. The number of benzene rings is 1. The fourth-order valence-electron chi connectivity index (χ4n) is 2.66. The Morgan fingerprint density at radius 3 is 2.20 bits per heavy atom. The number of carbonyl (C=O) groups is 1. The van der Waals surface area contributed by atoms with Gasteiger partial charge in [-0.05, 0) is 30.0 Å². The fraction of sp³-hybridized carbons (Fsp3) is 0.588. The van der Waals surface area contributed by atoms with Crippen molar-refractivity contribution in [2.24, 2.45) is 0 Å². The molecule has 1 aliphatic rings. The molecule has 1 amide bonds. The van der Waals surface area contributed by atoms with Crippen LogP contribution in [0.3, 0.4) is 0 Å². The minimum atomic E-state index is 0.308. The van der Waals surface area contributed by atoms with Crippen LogP contribution in [0.1, 0.15) is 45.1 Å². The van der Waals surface area contributed by atoms with Gasteiger partial charge in [-0.25, -0.2) is 0 Å². The van der Waals surface area contributed by atoms with Gasteiger partial charge in [0.15, 0.2) is 0 Å². The van der Waals surface area contributed by atoms with Crippen LogP contribution in [0.5, 0.6) is 0 Å². The molecule has 0 N–H and O–H groups in total. The van der Waals surface area contributed by atoms with Gasteiger partial charge in [-0.3, -0.25) is 4.79 Å². The predicted molar refractivity (Wildman–Crippen MR) is 84.2 cm³/mol. The van der Waals surface area contributed by atoms with E-state index in [2.05, 4.69) is 49.9 Å². The Balaban J connectivity index is 1.91. The number of nitrogens with zero attached hydrogens (tertiary/aromatic N) is 2. The smallest absolute Gasteiger partial charge is 0.222 e. The van der Waals surface area contributed by atoms with Crippen molar-refractivity contribution in [2.45, 2.75) is 39.5 Å². The first-order chi connectivity index (χ1) is 9.61. The van der Waals surface area contributed by atoms with Gasteiger partial charge >= 0.3 is 0 Å². The molecule has 20 heavy (non-hydrogen) atoms. The molecule has 1 aromatic carbocycles. The highest BCUT2D eigenvalue weighted by atomic mass is 16.2. The summed E-state index contributed by atoms with van der Waals surface area (Å²) < 4.78 is 0. The second-order valence-electron chi connectivity index (χ2n) is 5.86. The molecule has 0 radical (unpaired) electrons. The van der Waals surface area contributed by atoms with Gasteiger partial charge in [-0.2, -0.15) is 0 Å². The first-order valence-corrected chi connectivity index (χ1v) is 7.74. The van der Waals surface area contributed by atoms with Gasteiger partial charge in [0, 0.05) is 38.3 Å². The molecule has 0 aliphatic carbocycles. The minimum absolute atomic E-state index is 0.308. The Hall–Kier alpha value is -1.51. The molecule has 1 aromatic rings. The zero-order valence-corrected chi connectivity index (χ0v) is 12.9. The molecule has 0 unspecified atom stereocenters. The topological polar surface area (TPSA) is 23.6 Å². The summed E-state index contributed by atoms with van der Waals surface area (Å²) in [5.41, 5.74) is 2.66. The first-order valence-electron chi connectivity index (χ1n) is 7.74. The zero-order valence-electron chi connectivity index (χ0n) is 12.9. The maximum absolute atomic E-state index is 11.9. The van der Waals surface area contributed by atoms with E-state index in [1.807, 2.05) is 4.90 Å². The van der Waals surface area contributed by atoms with Crippen LogP contribution in [0.15, 0.2) is 24.3 Å². The lowest BCUT2D eigenvalue weighted by atomic mass is 10.0. The highest BCUT2D eigenvalue weighted by molar-refractivity contribution is 5.76. The molecule has 0 spiro atoms. The van der Waals surface area contributed by atoms with E-state index in [1.54, 1.807) is 0 Å². The predicted octanol–water partition coefficient (Wildman–Crippen LogP) is 3.26. The van der Waals surface area contributed by atoms with E-state index >= 15 is 0 Å². The van der Waals surface area contributed by atoms with Crippen LogP contribution in [0.2, 0.25) is 0 Å². The molecule has 1 saturated heterocycles. The van der Waals surface area contributed by atoms with Gasteiger partial charge in [0.1, 0.15) is 0 Å². The monoisotopic (exact) mass is 274 g/mol. The lowest BCUT2D eigenvalue weighted by Gasteiger charge is -2.36. The van der Waals surface area contributed by atoms with Crippen molar-refractivity contribution in [2.75, 3.05) is 31.1 Å². The Morgan fingerprint density at radius 2 is 1.70 bits per heavy atom. The van der Waals surface area contributed by atoms with Crippen molar-refractivity contribution in [3.8, 4) is 0 Å². The lowest BCUT2D eigenvalue weighted by Crippen LogP contribution is -2.48. The van der Waals surface area contributed by atoms with Crippen LogP contribution in [0, 0.1) is 0 Å². The third kappa shape index (κ3) is 3.53. The number of rotatable bonds is 4. The van der Waals surface area contributed by atoms with Crippen LogP contribution in [-0.4, -0.2) is 37.0 Å². The Kier molecular flexibility index (Phi) is 5.05. The summed E-state index contributed by atoms with van der Waals surface area (Å²) in [5.74, 6) is 0.884. The minimum Gasteiger partial charge on any atom is -0.368 e. The van der Waals surface area contributed by atoms with E-state index in [4.69, 9.17) is 0 Å². The maximum Gasteiger partial charge on any atom is 0.222 e. The van der Waals surface area contributed by atoms with E-state index < -0.39 is 0 Å². The molecule has 1 fully saturated rings. The lowest BCUT2D eigenvalue weighted by molar-refractivity contribution is -0.131. The van der Waals surface area contributed by atoms with E-state index in [1.165, 1.54) is 11.3 Å². The van der Waals surface area contributed by atoms with Crippen molar-refractivity contribution in [1.82, 2.24) is 4.90 Å². The summed E-state index contributed by atoms with van der Waals surface area (Å²) in [7, 11) is 0. The van der Waals surface area contributed by atoms with Crippen molar-refractivity contribution < 1.29 is 4.79 Å². The molecule has 1 heterocycles. The number of anilines is 1. The molecule has 2 rings (SSSR count). The number of amides is 1.